The van der Waals surface area contributed by atoms with Crippen LogP contribution >= 0.6 is 0 Å². The van der Waals surface area contributed by atoms with Gasteiger partial charge in [0.05, 0.1) is 23.1 Å². The number of H-pyrrole nitrogens is 2. The Bertz CT molecular complexity index is 1600. The summed E-state index contributed by atoms with van der Waals surface area (Å²) in [7, 11) is 2.15. The maximum atomic E-state index is 12.2. The number of hydrogen-bond donors (Lipinski definition) is 3. The van der Waals surface area contributed by atoms with E-state index in [9.17, 15) is 4.79 Å². The number of nitrogens with one attached hydrogen (secondary N) is 3. The van der Waals surface area contributed by atoms with Crippen LogP contribution in [-0.2, 0) is 4.79 Å². The first-order valence-corrected chi connectivity index (χ1v) is 13.1. The molecule has 194 valence electrons. The number of rotatable bonds is 7. The number of likely N-dealkylation sites (N-methyl/N-ethyl adjacent to an activating group) is 1. The molecule has 4 aromatic heterocycles. The number of anilines is 2. The van der Waals surface area contributed by atoms with Crippen LogP contribution in [0.1, 0.15) is 26.2 Å². The number of aromatic nitrogens is 6. The van der Waals surface area contributed by atoms with Gasteiger partial charge in [-0.2, -0.15) is 5.10 Å². The molecule has 0 saturated carbocycles. The zero-order valence-corrected chi connectivity index (χ0v) is 21.7. The van der Waals surface area contributed by atoms with E-state index in [1.54, 1.807) is 12.4 Å². The summed E-state index contributed by atoms with van der Waals surface area (Å²) in [5.41, 5.74) is 6.95. The number of pyridine rings is 2. The Labute approximate surface area is 220 Å². The third-order valence-corrected chi connectivity index (χ3v) is 7.11. The van der Waals surface area contributed by atoms with Crippen LogP contribution in [0.5, 0.6) is 0 Å². The quantitative estimate of drug-likeness (QED) is 0.297. The largest absolute Gasteiger partial charge is 0.367 e. The van der Waals surface area contributed by atoms with Gasteiger partial charge in [-0.3, -0.25) is 14.9 Å². The van der Waals surface area contributed by atoms with Gasteiger partial charge in [0.15, 0.2) is 11.5 Å². The summed E-state index contributed by atoms with van der Waals surface area (Å²) in [4.78, 5) is 34.1. The van der Waals surface area contributed by atoms with E-state index in [0.717, 1.165) is 77.9 Å². The fourth-order valence-corrected chi connectivity index (χ4v) is 4.92. The summed E-state index contributed by atoms with van der Waals surface area (Å²) >= 11 is 0. The minimum atomic E-state index is 0.00723. The summed E-state index contributed by atoms with van der Waals surface area (Å²) in [6.45, 7) is 6.05. The van der Waals surface area contributed by atoms with Crippen molar-refractivity contribution in [2.24, 2.45) is 0 Å². The molecule has 5 aromatic rings. The van der Waals surface area contributed by atoms with E-state index in [1.165, 1.54) is 0 Å². The highest BCUT2D eigenvalue weighted by molar-refractivity contribution is 5.97. The van der Waals surface area contributed by atoms with Gasteiger partial charge in [-0.1, -0.05) is 19.4 Å². The van der Waals surface area contributed by atoms with Crippen LogP contribution in [0.2, 0.25) is 0 Å². The Morgan fingerprint density at radius 3 is 2.79 bits per heavy atom. The first-order valence-electron chi connectivity index (χ1n) is 13.1. The molecule has 0 radical (unpaired) electrons. The van der Waals surface area contributed by atoms with Crippen LogP contribution in [0.3, 0.4) is 0 Å². The zero-order chi connectivity index (χ0) is 26.1. The van der Waals surface area contributed by atoms with Crippen LogP contribution in [0.15, 0.2) is 48.9 Å². The molecule has 1 aliphatic heterocycles. The minimum Gasteiger partial charge on any atom is -0.367 e. The average Bonchev–Trinajstić information content (AvgIpc) is 3.56. The number of carbonyl (C=O) groups is 1. The molecule has 5 heterocycles. The van der Waals surface area contributed by atoms with E-state index in [0.29, 0.717) is 23.6 Å². The van der Waals surface area contributed by atoms with Gasteiger partial charge < -0.3 is 20.1 Å². The standard InChI is InChI=1S/C28H31N9O/c1-3-4-5-24(38)31-20-14-19(16-29-17-20)18-6-7-22-21(15-18)25(35-34-22)28-32-26-23(8-9-30-27(26)33-28)37-12-10-36(2)11-13-37/h6-9,14-17H,3-5,10-13H2,1-2H3,(H,31,38)(H,34,35)(H,30,32,33). The fraction of sp³-hybridized carbons (Fsp3) is 0.321. The second kappa shape index (κ2) is 10.2. The molecule has 1 saturated heterocycles. The molecular weight excluding hydrogens is 478 g/mol. The molecule has 0 atom stereocenters. The maximum absolute atomic E-state index is 12.2. The Kier molecular flexibility index (Phi) is 6.47. The Hall–Kier alpha value is -4.31. The molecule has 1 aromatic carbocycles. The molecule has 10 heteroatoms. The Morgan fingerprint density at radius 1 is 1.08 bits per heavy atom. The lowest BCUT2D eigenvalue weighted by atomic mass is 10.0. The lowest BCUT2D eigenvalue weighted by molar-refractivity contribution is -0.116. The monoisotopic (exact) mass is 509 g/mol. The Morgan fingerprint density at radius 2 is 1.95 bits per heavy atom. The van der Waals surface area contributed by atoms with Crippen LogP contribution in [0.4, 0.5) is 11.4 Å². The summed E-state index contributed by atoms with van der Waals surface area (Å²) in [6.07, 6.45) is 7.66. The number of nitrogens with zero attached hydrogens (tertiary/aromatic N) is 6. The fourth-order valence-electron chi connectivity index (χ4n) is 4.92. The van der Waals surface area contributed by atoms with Gasteiger partial charge in [0.1, 0.15) is 11.2 Å². The van der Waals surface area contributed by atoms with E-state index >= 15 is 0 Å². The number of fused-ring (bicyclic) bond motifs is 2. The highest BCUT2D eigenvalue weighted by atomic mass is 16.1. The van der Waals surface area contributed by atoms with E-state index in [1.807, 2.05) is 24.4 Å². The second-order valence-corrected chi connectivity index (χ2v) is 9.85. The van der Waals surface area contributed by atoms with Crippen molar-refractivity contribution in [1.29, 1.82) is 0 Å². The molecule has 1 amide bonds. The van der Waals surface area contributed by atoms with E-state index in [-0.39, 0.29) is 5.91 Å². The first kappa shape index (κ1) is 24.1. The second-order valence-electron chi connectivity index (χ2n) is 9.85. The number of hydrogen-bond acceptors (Lipinski definition) is 7. The molecule has 38 heavy (non-hydrogen) atoms. The zero-order valence-electron chi connectivity index (χ0n) is 21.7. The summed E-state index contributed by atoms with van der Waals surface area (Å²) in [5, 5.41) is 11.6. The van der Waals surface area contributed by atoms with Gasteiger partial charge >= 0.3 is 0 Å². The number of imidazole rings is 1. The average molecular weight is 510 g/mol. The van der Waals surface area contributed by atoms with Crippen LogP contribution in [0, 0.1) is 0 Å². The number of unbranched alkanes of at least 4 members (excludes halogenated alkanes) is 1. The number of benzene rings is 1. The van der Waals surface area contributed by atoms with E-state index in [4.69, 9.17) is 4.98 Å². The summed E-state index contributed by atoms with van der Waals surface area (Å²) in [6, 6.07) is 10.1. The predicted octanol–water partition coefficient (Wildman–Crippen LogP) is 4.44. The number of carbonyl (C=O) groups excluding carboxylic acids is 1. The van der Waals surface area contributed by atoms with Crippen molar-refractivity contribution >= 4 is 39.3 Å². The van der Waals surface area contributed by atoms with Crippen molar-refractivity contribution < 1.29 is 4.79 Å². The molecule has 6 rings (SSSR count). The molecule has 1 aliphatic rings. The number of amides is 1. The highest BCUT2D eigenvalue weighted by Crippen LogP contribution is 2.32. The van der Waals surface area contributed by atoms with Crippen molar-refractivity contribution in [3.05, 3.63) is 48.9 Å². The Balaban J connectivity index is 1.33. The lowest BCUT2D eigenvalue weighted by Crippen LogP contribution is -2.44. The normalized spacial score (nSPS) is 14.4. The van der Waals surface area contributed by atoms with Crippen molar-refractivity contribution in [3.8, 4) is 22.6 Å². The van der Waals surface area contributed by atoms with Gasteiger partial charge in [0, 0.05) is 55.9 Å². The van der Waals surface area contributed by atoms with Crippen LogP contribution in [0.25, 0.3) is 44.7 Å². The van der Waals surface area contributed by atoms with Crippen molar-refractivity contribution in [3.63, 3.8) is 0 Å². The van der Waals surface area contributed by atoms with Gasteiger partial charge in [-0.15, -0.1) is 0 Å². The van der Waals surface area contributed by atoms with Gasteiger partial charge in [-0.25, -0.2) is 9.97 Å². The van der Waals surface area contributed by atoms with Crippen LogP contribution < -0.4 is 10.2 Å². The summed E-state index contributed by atoms with van der Waals surface area (Å²) in [5.74, 6) is 0.681. The van der Waals surface area contributed by atoms with Gasteiger partial charge in [0.25, 0.3) is 0 Å². The smallest absolute Gasteiger partial charge is 0.224 e. The number of aromatic amines is 2. The third-order valence-electron chi connectivity index (χ3n) is 7.11. The molecule has 10 nitrogen and oxygen atoms in total. The lowest BCUT2D eigenvalue weighted by Gasteiger charge is -2.34. The molecule has 0 bridgehead atoms. The molecule has 0 aliphatic carbocycles. The van der Waals surface area contributed by atoms with Gasteiger partial charge in [0.2, 0.25) is 5.91 Å². The minimum absolute atomic E-state index is 0.00723. The SMILES string of the molecule is CCCCC(=O)Nc1cncc(-c2ccc3[nH]nc(-c4nc5nccc(N6CCN(C)CC6)c5[nH]4)c3c2)c1. The van der Waals surface area contributed by atoms with Crippen LogP contribution in [-0.4, -0.2) is 74.2 Å². The summed E-state index contributed by atoms with van der Waals surface area (Å²) < 4.78 is 0. The van der Waals surface area contributed by atoms with Gasteiger partial charge in [-0.05, 0) is 43.3 Å². The molecule has 1 fully saturated rings. The van der Waals surface area contributed by atoms with Crippen molar-refractivity contribution in [1.82, 2.24) is 35.0 Å². The number of piperazine rings is 1. The topological polar surface area (TPSA) is 119 Å². The molecular formula is C28H31N9O. The maximum Gasteiger partial charge on any atom is 0.224 e. The molecule has 3 N–H and O–H groups in total. The van der Waals surface area contributed by atoms with E-state index in [2.05, 4.69) is 66.4 Å². The first-order chi connectivity index (χ1) is 18.6. The van der Waals surface area contributed by atoms with Crippen molar-refractivity contribution in [2.75, 3.05) is 43.4 Å². The van der Waals surface area contributed by atoms with Crippen molar-refractivity contribution in [2.45, 2.75) is 26.2 Å². The predicted molar refractivity (Wildman–Crippen MR) is 150 cm³/mol. The molecule has 0 spiro atoms. The highest BCUT2D eigenvalue weighted by Gasteiger charge is 2.20. The molecule has 0 unspecified atom stereocenters. The van der Waals surface area contributed by atoms with E-state index < -0.39 is 0 Å². The third kappa shape index (κ3) is 4.70.